The first-order chi connectivity index (χ1) is 9.93. The van der Waals surface area contributed by atoms with Crippen LogP contribution < -0.4 is 5.01 Å². The van der Waals surface area contributed by atoms with E-state index in [1.807, 2.05) is 13.8 Å². The molecule has 6 heteroatoms. The third kappa shape index (κ3) is 3.09. The second-order valence-electron chi connectivity index (χ2n) is 5.15. The van der Waals surface area contributed by atoms with Crippen LogP contribution >= 0.6 is 0 Å². The Hall–Kier alpha value is -2.24. The molecule has 0 N–H and O–H groups in total. The van der Waals surface area contributed by atoms with Gasteiger partial charge < -0.3 is 4.74 Å². The van der Waals surface area contributed by atoms with Crippen molar-refractivity contribution in [2.75, 3.05) is 12.1 Å². The van der Waals surface area contributed by atoms with E-state index in [0.29, 0.717) is 5.69 Å². The fraction of sp³-hybridized carbons (Fsp3) is 0.400. The molecule has 0 saturated carbocycles. The first-order valence-electron chi connectivity index (χ1n) is 6.68. The van der Waals surface area contributed by atoms with E-state index < -0.39 is 23.6 Å². The van der Waals surface area contributed by atoms with Crippen LogP contribution in [0.1, 0.15) is 20.3 Å². The van der Waals surface area contributed by atoms with E-state index >= 15 is 0 Å². The molecule has 1 amide bonds. The summed E-state index contributed by atoms with van der Waals surface area (Å²) in [4.78, 5) is 24.2. The summed E-state index contributed by atoms with van der Waals surface area (Å²) in [7, 11) is 1.25. The van der Waals surface area contributed by atoms with Crippen molar-refractivity contribution in [2.24, 2.45) is 16.9 Å². The molecule has 0 saturated heterocycles. The molecular weight excluding hydrogens is 275 g/mol. The maximum atomic E-state index is 13.0. The first-order valence-corrected chi connectivity index (χ1v) is 6.68. The summed E-state index contributed by atoms with van der Waals surface area (Å²) in [6.07, 6.45) is 0.251. The molecule has 0 radical (unpaired) electrons. The number of hydrazone groups is 1. The predicted molar refractivity (Wildman–Crippen MR) is 76.3 cm³/mol. The van der Waals surface area contributed by atoms with Crippen molar-refractivity contribution in [1.82, 2.24) is 0 Å². The van der Waals surface area contributed by atoms with Gasteiger partial charge in [0, 0.05) is 12.1 Å². The number of carbonyl (C=O) groups excluding carboxylic acids is 2. The molecule has 0 aromatic heterocycles. The second-order valence-corrected chi connectivity index (χ2v) is 5.15. The van der Waals surface area contributed by atoms with Crippen LogP contribution in [-0.4, -0.2) is 24.7 Å². The number of methoxy groups -OCH3 is 1. The third-order valence-corrected chi connectivity index (χ3v) is 3.37. The second kappa shape index (κ2) is 6.03. The molecule has 1 aliphatic heterocycles. The SMILES string of the molecule is COC(=O)C1CC(C(C)C)=NN(c2ccc(F)cc2)C1=O. The van der Waals surface area contributed by atoms with Gasteiger partial charge in [-0.1, -0.05) is 13.8 Å². The lowest BCUT2D eigenvalue weighted by atomic mass is 9.93. The minimum absolute atomic E-state index is 0.0909. The van der Waals surface area contributed by atoms with Gasteiger partial charge in [-0.3, -0.25) is 9.59 Å². The molecule has 1 aromatic rings. The van der Waals surface area contributed by atoms with Crippen LogP contribution in [0.15, 0.2) is 29.4 Å². The number of hydrogen-bond donors (Lipinski definition) is 0. The normalized spacial score (nSPS) is 18.7. The van der Waals surface area contributed by atoms with Gasteiger partial charge in [0.05, 0.1) is 12.8 Å². The van der Waals surface area contributed by atoms with Gasteiger partial charge in [0.25, 0.3) is 5.91 Å². The van der Waals surface area contributed by atoms with E-state index in [1.54, 1.807) is 0 Å². The number of nitrogens with zero attached hydrogens (tertiary/aromatic N) is 2. The minimum atomic E-state index is -0.907. The summed E-state index contributed by atoms with van der Waals surface area (Å²) in [5.74, 6) is -2.26. The number of amides is 1. The Morgan fingerprint density at radius 2 is 2.00 bits per heavy atom. The van der Waals surface area contributed by atoms with E-state index in [4.69, 9.17) is 4.74 Å². The Balaban J connectivity index is 2.41. The summed E-state index contributed by atoms with van der Waals surface area (Å²) < 4.78 is 17.7. The van der Waals surface area contributed by atoms with Crippen molar-refractivity contribution in [3.05, 3.63) is 30.1 Å². The molecule has 0 bridgehead atoms. The molecule has 2 rings (SSSR count). The Labute approximate surface area is 122 Å². The van der Waals surface area contributed by atoms with Gasteiger partial charge in [-0.2, -0.15) is 5.10 Å². The molecule has 21 heavy (non-hydrogen) atoms. The Morgan fingerprint density at radius 1 is 1.38 bits per heavy atom. The van der Waals surface area contributed by atoms with Crippen LogP contribution in [0.5, 0.6) is 0 Å². The maximum Gasteiger partial charge on any atom is 0.318 e. The summed E-state index contributed by atoms with van der Waals surface area (Å²) in [6, 6.07) is 5.40. The van der Waals surface area contributed by atoms with Crippen molar-refractivity contribution in [2.45, 2.75) is 20.3 Å². The largest absolute Gasteiger partial charge is 0.468 e. The minimum Gasteiger partial charge on any atom is -0.468 e. The van der Waals surface area contributed by atoms with Crippen molar-refractivity contribution in [1.29, 1.82) is 0 Å². The van der Waals surface area contributed by atoms with Crippen LogP contribution in [-0.2, 0) is 14.3 Å². The Kier molecular flexibility index (Phi) is 4.35. The number of esters is 1. The van der Waals surface area contributed by atoms with E-state index in [2.05, 4.69) is 5.10 Å². The Bertz CT molecular complexity index is 581. The number of anilines is 1. The molecule has 1 aliphatic rings. The van der Waals surface area contributed by atoms with Crippen molar-refractivity contribution >= 4 is 23.3 Å². The van der Waals surface area contributed by atoms with Crippen LogP contribution in [0.3, 0.4) is 0 Å². The zero-order valence-corrected chi connectivity index (χ0v) is 12.2. The smallest absolute Gasteiger partial charge is 0.318 e. The summed E-state index contributed by atoms with van der Waals surface area (Å²) in [6.45, 7) is 3.87. The first kappa shape index (κ1) is 15.2. The van der Waals surface area contributed by atoms with Gasteiger partial charge >= 0.3 is 5.97 Å². The topological polar surface area (TPSA) is 59.0 Å². The van der Waals surface area contributed by atoms with Crippen LogP contribution in [0.2, 0.25) is 0 Å². The van der Waals surface area contributed by atoms with E-state index in [9.17, 15) is 14.0 Å². The Morgan fingerprint density at radius 3 is 2.52 bits per heavy atom. The lowest BCUT2D eigenvalue weighted by Crippen LogP contribution is -2.43. The highest BCUT2D eigenvalue weighted by atomic mass is 19.1. The number of halogens is 1. The highest BCUT2D eigenvalue weighted by molar-refractivity contribution is 6.12. The number of ether oxygens (including phenoxy) is 1. The fourth-order valence-electron chi connectivity index (χ4n) is 2.11. The number of carbonyl (C=O) groups is 2. The molecule has 0 spiro atoms. The van der Waals surface area contributed by atoms with Crippen molar-refractivity contribution in [3.8, 4) is 0 Å². The molecule has 1 aromatic carbocycles. The van der Waals surface area contributed by atoms with E-state index in [0.717, 1.165) is 10.7 Å². The summed E-state index contributed by atoms with van der Waals surface area (Å²) in [5.41, 5.74) is 1.16. The average Bonchev–Trinajstić information content (AvgIpc) is 2.47. The van der Waals surface area contributed by atoms with Gasteiger partial charge in [0.15, 0.2) is 0 Å². The van der Waals surface area contributed by atoms with Crippen LogP contribution in [0.4, 0.5) is 10.1 Å². The van der Waals surface area contributed by atoms with Gasteiger partial charge in [0.1, 0.15) is 11.7 Å². The molecule has 1 atom stereocenters. The highest BCUT2D eigenvalue weighted by Crippen LogP contribution is 2.26. The van der Waals surface area contributed by atoms with Crippen LogP contribution in [0, 0.1) is 17.7 Å². The molecule has 112 valence electrons. The van der Waals surface area contributed by atoms with E-state index in [1.165, 1.54) is 31.4 Å². The van der Waals surface area contributed by atoms with Gasteiger partial charge in [-0.05, 0) is 30.2 Å². The molecule has 1 unspecified atom stereocenters. The average molecular weight is 292 g/mol. The number of hydrogen-bond acceptors (Lipinski definition) is 4. The third-order valence-electron chi connectivity index (χ3n) is 3.37. The molecule has 1 heterocycles. The van der Waals surface area contributed by atoms with Gasteiger partial charge in [-0.15, -0.1) is 0 Å². The standard InChI is InChI=1S/C15H17FN2O3/c1-9(2)13-8-12(15(20)21-3)14(19)18(17-13)11-6-4-10(16)5-7-11/h4-7,9,12H,8H2,1-3H3. The molecule has 0 aliphatic carbocycles. The van der Waals surface area contributed by atoms with Gasteiger partial charge in [-0.25, -0.2) is 9.40 Å². The summed E-state index contributed by atoms with van der Waals surface area (Å²) >= 11 is 0. The van der Waals surface area contributed by atoms with Gasteiger partial charge in [0.2, 0.25) is 0 Å². The lowest BCUT2D eigenvalue weighted by molar-refractivity contribution is -0.149. The fourth-order valence-corrected chi connectivity index (χ4v) is 2.11. The zero-order chi connectivity index (χ0) is 15.6. The monoisotopic (exact) mass is 292 g/mol. The zero-order valence-electron chi connectivity index (χ0n) is 12.2. The number of benzene rings is 1. The predicted octanol–water partition coefficient (Wildman–Crippen LogP) is 2.36. The molecular formula is C15H17FN2O3. The maximum absolute atomic E-state index is 13.0. The lowest BCUT2D eigenvalue weighted by Gasteiger charge is -2.29. The van der Waals surface area contributed by atoms with Crippen molar-refractivity contribution in [3.63, 3.8) is 0 Å². The van der Waals surface area contributed by atoms with Crippen LogP contribution in [0.25, 0.3) is 0 Å². The highest BCUT2D eigenvalue weighted by Gasteiger charge is 2.38. The van der Waals surface area contributed by atoms with Crippen molar-refractivity contribution < 1.29 is 18.7 Å². The summed E-state index contributed by atoms with van der Waals surface area (Å²) in [5, 5.41) is 5.45. The molecule has 5 nitrogen and oxygen atoms in total. The number of rotatable bonds is 3. The van der Waals surface area contributed by atoms with E-state index in [-0.39, 0.29) is 12.3 Å². The molecule has 0 fully saturated rings. The quantitative estimate of drug-likeness (QED) is 0.635.